The van der Waals surface area contributed by atoms with Gasteiger partial charge in [-0.1, -0.05) is 0 Å². The number of nitrogens with one attached hydrogen (secondary N) is 2. The SMILES string of the molecule is NC(=O)Cc1[nH]nc2c1ccc1[nH]ncc12. The number of rotatable bonds is 2. The van der Waals surface area contributed by atoms with E-state index in [1.165, 1.54) is 0 Å². The first kappa shape index (κ1) is 8.90. The van der Waals surface area contributed by atoms with Gasteiger partial charge in [0.05, 0.1) is 23.8 Å². The summed E-state index contributed by atoms with van der Waals surface area (Å²) in [4.78, 5) is 10.9. The molecule has 2 heterocycles. The number of nitrogens with two attached hydrogens (primary N) is 1. The van der Waals surface area contributed by atoms with Gasteiger partial charge in [-0.3, -0.25) is 15.0 Å². The number of primary amides is 1. The summed E-state index contributed by atoms with van der Waals surface area (Å²) in [5, 5.41) is 15.7. The van der Waals surface area contributed by atoms with Crippen LogP contribution in [0.25, 0.3) is 21.8 Å². The second-order valence-electron chi connectivity index (χ2n) is 3.64. The van der Waals surface area contributed by atoms with Crippen molar-refractivity contribution in [2.45, 2.75) is 6.42 Å². The van der Waals surface area contributed by atoms with E-state index in [4.69, 9.17) is 5.73 Å². The van der Waals surface area contributed by atoms with Gasteiger partial charge < -0.3 is 5.73 Å². The molecule has 6 nitrogen and oxygen atoms in total. The van der Waals surface area contributed by atoms with Crippen molar-refractivity contribution in [2.75, 3.05) is 0 Å². The van der Waals surface area contributed by atoms with Gasteiger partial charge >= 0.3 is 0 Å². The first-order valence-electron chi connectivity index (χ1n) is 4.83. The zero-order valence-corrected chi connectivity index (χ0v) is 8.32. The van der Waals surface area contributed by atoms with E-state index < -0.39 is 0 Å². The van der Waals surface area contributed by atoms with E-state index in [1.807, 2.05) is 12.1 Å². The van der Waals surface area contributed by atoms with Crippen LogP contribution in [0.15, 0.2) is 18.3 Å². The van der Waals surface area contributed by atoms with E-state index in [0.717, 1.165) is 27.5 Å². The van der Waals surface area contributed by atoms with E-state index in [-0.39, 0.29) is 12.3 Å². The van der Waals surface area contributed by atoms with Crippen LogP contribution in [-0.4, -0.2) is 26.3 Å². The van der Waals surface area contributed by atoms with Crippen molar-refractivity contribution in [3.8, 4) is 0 Å². The molecule has 0 saturated heterocycles. The minimum absolute atomic E-state index is 0.167. The smallest absolute Gasteiger partial charge is 0.223 e. The Morgan fingerprint density at radius 3 is 3.00 bits per heavy atom. The molecule has 1 aromatic carbocycles. The quantitative estimate of drug-likeness (QED) is 0.579. The molecule has 4 N–H and O–H groups in total. The first-order valence-corrected chi connectivity index (χ1v) is 4.83. The molecule has 80 valence electrons. The largest absolute Gasteiger partial charge is 0.369 e. The highest BCUT2D eigenvalue weighted by Gasteiger charge is 2.10. The van der Waals surface area contributed by atoms with Crippen LogP contribution in [0.2, 0.25) is 0 Å². The van der Waals surface area contributed by atoms with Gasteiger partial charge in [-0.2, -0.15) is 10.2 Å². The Morgan fingerprint density at radius 2 is 2.19 bits per heavy atom. The molecule has 3 rings (SSSR count). The van der Waals surface area contributed by atoms with Gasteiger partial charge in [0.1, 0.15) is 5.52 Å². The number of nitrogens with zero attached hydrogens (tertiary/aromatic N) is 2. The molecule has 0 bridgehead atoms. The molecule has 2 aromatic heterocycles. The van der Waals surface area contributed by atoms with E-state index in [9.17, 15) is 4.79 Å². The molecule has 6 heteroatoms. The van der Waals surface area contributed by atoms with E-state index >= 15 is 0 Å². The van der Waals surface area contributed by atoms with Crippen LogP contribution in [0.4, 0.5) is 0 Å². The fraction of sp³-hybridized carbons (Fsp3) is 0.100. The molecule has 0 aliphatic heterocycles. The van der Waals surface area contributed by atoms with Crippen molar-refractivity contribution >= 4 is 27.7 Å². The fourth-order valence-corrected chi connectivity index (χ4v) is 1.86. The number of hydrogen-bond acceptors (Lipinski definition) is 3. The lowest BCUT2D eigenvalue weighted by molar-refractivity contribution is -0.117. The van der Waals surface area contributed by atoms with Crippen LogP contribution in [0.1, 0.15) is 5.69 Å². The Hall–Kier alpha value is -2.37. The average Bonchev–Trinajstić information content (AvgIpc) is 2.82. The lowest BCUT2D eigenvalue weighted by atomic mass is 10.1. The van der Waals surface area contributed by atoms with Gasteiger partial charge in [-0.25, -0.2) is 0 Å². The van der Waals surface area contributed by atoms with Crippen LogP contribution in [-0.2, 0) is 11.2 Å². The summed E-state index contributed by atoms with van der Waals surface area (Å²) in [5.41, 5.74) is 7.63. The lowest BCUT2D eigenvalue weighted by Gasteiger charge is -1.94. The molecule has 0 unspecified atom stereocenters. The maximum Gasteiger partial charge on any atom is 0.223 e. The maximum absolute atomic E-state index is 10.9. The first-order chi connectivity index (χ1) is 7.75. The zero-order chi connectivity index (χ0) is 11.1. The van der Waals surface area contributed by atoms with Crippen LogP contribution < -0.4 is 5.73 Å². The number of aromatic nitrogens is 4. The number of carbonyl (C=O) groups excluding carboxylic acids is 1. The zero-order valence-electron chi connectivity index (χ0n) is 8.32. The molecule has 3 aromatic rings. The Morgan fingerprint density at radius 1 is 1.31 bits per heavy atom. The fourth-order valence-electron chi connectivity index (χ4n) is 1.86. The predicted molar refractivity (Wildman–Crippen MR) is 58.6 cm³/mol. The molecule has 0 aliphatic rings. The Labute approximate surface area is 89.8 Å². The lowest BCUT2D eigenvalue weighted by Crippen LogP contribution is -2.13. The van der Waals surface area contributed by atoms with Crippen molar-refractivity contribution in [3.05, 3.63) is 24.0 Å². The van der Waals surface area contributed by atoms with Crippen molar-refractivity contribution in [1.82, 2.24) is 20.4 Å². The average molecular weight is 215 g/mol. The van der Waals surface area contributed by atoms with Crippen LogP contribution in [0.3, 0.4) is 0 Å². The van der Waals surface area contributed by atoms with Crippen molar-refractivity contribution in [2.24, 2.45) is 5.73 Å². The normalized spacial score (nSPS) is 11.2. The van der Waals surface area contributed by atoms with Crippen molar-refractivity contribution in [3.63, 3.8) is 0 Å². The number of carbonyl (C=O) groups is 1. The Bertz CT molecular complexity index is 681. The molecule has 16 heavy (non-hydrogen) atoms. The van der Waals surface area contributed by atoms with E-state index in [0.29, 0.717) is 0 Å². The van der Waals surface area contributed by atoms with Crippen LogP contribution in [0.5, 0.6) is 0 Å². The van der Waals surface area contributed by atoms with Gasteiger partial charge in [0.15, 0.2) is 0 Å². The number of H-pyrrole nitrogens is 2. The Balaban J connectivity index is 2.30. The second-order valence-corrected chi connectivity index (χ2v) is 3.64. The minimum atomic E-state index is -0.377. The number of aromatic amines is 2. The van der Waals surface area contributed by atoms with Crippen molar-refractivity contribution < 1.29 is 4.79 Å². The van der Waals surface area contributed by atoms with Gasteiger partial charge in [-0.15, -0.1) is 0 Å². The highest BCUT2D eigenvalue weighted by atomic mass is 16.1. The molecular formula is C10H9N5O. The summed E-state index contributed by atoms with van der Waals surface area (Å²) in [7, 11) is 0. The monoisotopic (exact) mass is 215 g/mol. The van der Waals surface area contributed by atoms with Gasteiger partial charge in [-0.05, 0) is 12.1 Å². The van der Waals surface area contributed by atoms with E-state index in [2.05, 4.69) is 20.4 Å². The minimum Gasteiger partial charge on any atom is -0.369 e. The highest BCUT2D eigenvalue weighted by molar-refractivity contribution is 6.05. The summed E-state index contributed by atoms with van der Waals surface area (Å²) in [6.07, 6.45) is 1.88. The molecule has 0 fully saturated rings. The number of fused-ring (bicyclic) bond motifs is 3. The third-order valence-electron chi connectivity index (χ3n) is 2.57. The maximum atomic E-state index is 10.9. The number of hydrogen-bond donors (Lipinski definition) is 3. The van der Waals surface area contributed by atoms with Crippen LogP contribution >= 0.6 is 0 Å². The third-order valence-corrected chi connectivity index (χ3v) is 2.57. The predicted octanol–water partition coefficient (Wildman–Crippen LogP) is 0.467. The van der Waals surface area contributed by atoms with Gasteiger partial charge in [0.2, 0.25) is 5.91 Å². The van der Waals surface area contributed by atoms with Crippen molar-refractivity contribution in [1.29, 1.82) is 0 Å². The molecule has 0 saturated carbocycles. The third kappa shape index (κ3) is 1.16. The Kier molecular flexibility index (Phi) is 1.70. The molecule has 0 aliphatic carbocycles. The standard InChI is InChI=1S/C10H9N5O/c11-9(16)3-8-5-1-2-7-6(4-12-13-7)10(5)15-14-8/h1-2,4H,3H2,(H2,11,16)(H,12,13)(H,14,15). The topological polar surface area (TPSA) is 100 Å². The van der Waals surface area contributed by atoms with Gasteiger partial charge in [0.25, 0.3) is 0 Å². The number of benzene rings is 1. The summed E-state index contributed by atoms with van der Waals surface area (Å²) >= 11 is 0. The molecule has 1 amide bonds. The highest BCUT2D eigenvalue weighted by Crippen LogP contribution is 2.24. The summed E-state index contributed by atoms with van der Waals surface area (Å²) in [6, 6.07) is 3.81. The summed E-state index contributed by atoms with van der Waals surface area (Å²) < 4.78 is 0. The summed E-state index contributed by atoms with van der Waals surface area (Å²) in [5.74, 6) is -0.377. The van der Waals surface area contributed by atoms with Gasteiger partial charge in [0, 0.05) is 10.8 Å². The van der Waals surface area contributed by atoms with Crippen LogP contribution in [0, 0.1) is 0 Å². The molecular weight excluding hydrogens is 206 g/mol. The summed E-state index contributed by atoms with van der Waals surface area (Å²) in [6.45, 7) is 0. The molecule has 0 radical (unpaired) electrons. The number of amides is 1. The molecule has 0 atom stereocenters. The second kappa shape index (κ2) is 3.06. The van der Waals surface area contributed by atoms with E-state index in [1.54, 1.807) is 6.20 Å². The molecule has 0 spiro atoms.